The third-order valence-electron chi connectivity index (χ3n) is 2.81. The molecule has 0 radical (unpaired) electrons. The quantitative estimate of drug-likeness (QED) is 0.808. The fourth-order valence-corrected chi connectivity index (χ4v) is 1.73. The Bertz CT molecular complexity index is 563. The van der Waals surface area contributed by atoms with Crippen molar-refractivity contribution in [3.8, 4) is 6.01 Å². The van der Waals surface area contributed by atoms with Gasteiger partial charge in [-0.2, -0.15) is 15.0 Å². The Morgan fingerprint density at radius 3 is 2.67 bits per heavy atom. The topological polar surface area (TPSA) is 84.9 Å². The van der Waals surface area contributed by atoms with Gasteiger partial charge in [0, 0.05) is 12.7 Å². The van der Waals surface area contributed by atoms with Crippen LogP contribution in [0.15, 0.2) is 24.4 Å². The molecular formula is C14H20N6O. The zero-order valence-electron chi connectivity index (χ0n) is 12.5. The average molecular weight is 288 g/mol. The molecule has 0 fully saturated rings. The smallest absolute Gasteiger partial charge is 0.322 e. The number of rotatable bonds is 7. The molecule has 7 heteroatoms. The molecule has 0 saturated heterocycles. The van der Waals surface area contributed by atoms with E-state index in [-0.39, 0.29) is 12.1 Å². The summed E-state index contributed by atoms with van der Waals surface area (Å²) in [5, 5.41) is 6.33. The summed E-state index contributed by atoms with van der Waals surface area (Å²) >= 11 is 0. The van der Waals surface area contributed by atoms with Gasteiger partial charge in [0.1, 0.15) is 0 Å². The van der Waals surface area contributed by atoms with E-state index in [9.17, 15) is 0 Å². The summed E-state index contributed by atoms with van der Waals surface area (Å²) in [7, 11) is 1.53. The summed E-state index contributed by atoms with van der Waals surface area (Å²) in [5.41, 5.74) is 0.917. The zero-order chi connectivity index (χ0) is 15.1. The highest BCUT2D eigenvalue weighted by Crippen LogP contribution is 2.17. The van der Waals surface area contributed by atoms with Crippen LogP contribution >= 0.6 is 0 Å². The number of ether oxygens (including phenoxy) is 1. The fourth-order valence-electron chi connectivity index (χ4n) is 1.73. The van der Waals surface area contributed by atoms with Gasteiger partial charge in [0.2, 0.25) is 11.9 Å². The lowest BCUT2D eigenvalue weighted by atomic mass is 10.2. The lowest BCUT2D eigenvalue weighted by molar-refractivity contribution is 0.379. The lowest BCUT2D eigenvalue weighted by Crippen LogP contribution is -2.14. The van der Waals surface area contributed by atoms with Gasteiger partial charge in [-0.3, -0.25) is 4.98 Å². The molecule has 7 nitrogen and oxygen atoms in total. The van der Waals surface area contributed by atoms with E-state index in [1.165, 1.54) is 7.11 Å². The van der Waals surface area contributed by atoms with Gasteiger partial charge in [0.25, 0.3) is 0 Å². The van der Waals surface area contributed by atoms with Gasteiger partial charge in [0.15, 0.2) is 0 Å². The molecule has 0 spiro atoms. The van der Waals surface area contributed by atoms with Crippen molar-refractivity contribution >= 4 is 11.9 Å². The molecule has 2 aromatic heterocycles. The molecule has 2 rings (SSSR count). The first-order valence-corrected chi connectivity index (χ1v) is 6.94. The minimum Gasteiger partial charge on any atom is -0.467 e. The molecule has 0 aliphatic heterocycles. The van der Waals surface area contributed by atoms with Crippen molar-refractivity contribution in [2.75, 3.05) is 24.3 Å². The standard InChI is InChI=1S/C14H20N6O/c1-4-8-16-12-18-13(20-14(19-12)21-3)17-10(2)11-7-5-6-9-15-11/h5-7,9-10H,4,8H2,1-3H3,(H2,16,17,18,19,20). The highest BCUT2D eigenvalue weighted by molar-refractivity contribution is 5.37. The van der Waals surface area contributed by atoms with Gasteiger partial charge in [-0.15, -0.1) is 0 Å². The molecule has 2 heterocycles. The summed E-state index contributed by atoms with van der Waals surface area (Å²) in [6.45, 7) is 4.87. The van der Waals surface area contributed by atoms with Crippen molar-refractivity contribution in [1.29, 1.82) is 0 Å². The van der Waals surface area contributed by atoms with E-state index in [0.717, 1.165) is 18.7 Å². The zero-order valence-corrected chi connectivity index (χ0v) is 12.5. The number of methoxy groups -OCH3 is 1. The second kappa shape index (κ2) is 7.37. The van der Waals surface area contributed by atoms with Crippen molar-refractivity contribution in [2.24, 2.45) is 0 Å². The maximum atomic E-state index is 5.10. The van der Waals surface area contributed by atoms with Crippen molar-refractivity contribution in [2.45, 2.75) is 26.3 Å². The Morgan fingerprint density at radius 2 is 2.00 bits per heavy atom. The normalized spacial score (nSPS) is 11.8. The van der Waals surface area contributed by atoms with Crippen LogP contribution in [0.1, 0.15) is 32.0 Å². The molecule has 0 aliphatic carbocycles. The largest absolute Gasteiger partial charge is 0.467 e. The highest BCUT2D eigenvalue weighted by atomic mass is 16.5. The molecule has 0 aromatic carbocycles. The third kappa shape index (κ3) is 4.27. The van der Waals surface area contributed by atoms with Gasteiger partial charge >= 0.3 is 6.01 Å². The molecule has 0 saturated carbocycles. The minimum atomic E-state index is -0.0164. The van der Waals surface area contributed by atoms with Crippen LogP contribution < -0.4 is 15.4 Å². The minimum absolute atomic E-state index is 0.0164. The van der Waals surface area contributed by atoms with Crippen LogP contribution in [-0.2, 0) is 0 Å². The van der Waals surface area contributed by atoms with Gasteiger partial charge in [-0.1, -0.05) is 13.0 Å². The predicted molar refractivity (Wildman–Crippen MR) is 81.4 cm³/mol. The predicted octanol–water partition coefficient (Wildman–Crippen LogP) is 2.27. The van der Waals surface area contributed by atoms with E-state index in [2.05, 4.69) is 37.5 Å². The van der Waals surface area contributed by atoms with E-state index >= 15 is 0 Å². The second-order valence-corrected chi connectivity index (χ2v) is 4.52. The number of anilines is 2. The first kappa shape index (κ1) is 15.0. The van der Waals surface area contributed by atoms with E-state index < -0.39 is 0 Å². The molecule has 1 atom stereocenters. The Balaban J connectivity index is 2.14. The van der Waals surface area contributed by atoms with Gasteiger partial charge in [-0.25, -0.2) is 0 Å². The molecule has 2 aromatic rings. The Morgan fingerprint density at radius 1 is 1.19 bits per heavy atom. The van der Waals surface area contributed by atoms with Crippen LogP contribution in [0.2, 0.25) is 0 Å². The van der Waals surface area contributed by atoms with Crippen molar-refractivity contribution in [3.05, 3.63) is 30.1 Å². The average Bonchev–Trinajstić information content (AvgIpc) is 2.53. The van der Waals surface area contributed by atoms with Crippen LogP contribution in [-0.4, -0.2) is 33.6 Å². The first-order chi connectivity index (χ1) is 10.2. The molecule has 21 heavy (non-hydrogen) atoms. The Hall–Kier alpha value is -2.44. The highest BCUT2D eigenvalue weighted by Gasteiger charge is 2.11. The van der Waals surface area contributed by atoms with E-state index in [0.29, 0.717) is 11.9 Å². The molecule has 112 valence electrons. The number of nitrogens with one attached hydrogen (secondary N) is 2. The summed E-state index contributed by atoms with van der Waals surface area (Å²) in [5.74, 6) is 0.957. The maximum absolute atomic E-state index is 5.10. The molecule has 0 amide bonds. The Labute approximate surface area is 124 Å². The molecule has 2 N–H and O–H groups in total. The molecular weight excluding hydrogens is 268 g/mol. The van der Waals surface area contributed by atoms with Crippen molar-refractivity contribution < 1.29 is 4.74 Å². The van der Waals surface area contributed by atoms with E-state index in [1.807, 2.05) is 25.1 Å². The van der Waals surface area contributed by atoms with Gasteiger partial charge < -0.3 is 15.4 Å². The van der Waals surface area contributed by atoms with E-state index in [4.69, 9.17) is 4.74 Å². The summed E-state index contributed by atoms with van der Waals surface area (Å²) < 4.78 is 5.10. The number of hydrogen-bond acceptors (Lipinski definition) is 7. The first-order valence-electron chi connectivity index (χ1n) is 6.94. The van der Waals surface area contributed by atoms with Crippen LogP contribution in [0, 0.1) is 0 Å². The van der Waals surface area contributed by atoms with Crippen LogP contribution in [0.5, 0.6) is 6.01 Å². The van der Waals surface area contributed by atoms with Gasteiger partial charge in [-0.05, 0) is 25.5 Å². The number of nitrogens with zero attached hydrogens (tertiary/aromatic N) is 4. The summed E-state index contributed by atoms with van der Waals surface area (Å²) in [6.07, 6.45) is 2.75. The van der Waals surface area contributed by atoms with Crippen LogP contribution in [0.3, 0.4) is 0 Å². The summed E-state index contributed by atoms with van der Waals surface area (Å²) in [4.78, 5) is 17.0. The molecule has 1 unspecified atom stereocenters. The molecule has 0 aliphatic rings. The van der Waals surface area contributed by atoms with Crippen LogP contribution in [0.4, 0.5) is 11.9 Å². The fraction of sp³-hybridized carbons (Fsp3) is 0.429. The summed E-state index contributed by atoms with van der Waals surface area (Å²) in [6, 6.07) is 6.04. The Kier molecular flexibility index (Phi) is 5.25. The van der Waals surface area contributed by atoms with Crippen LogP contribution in [0.25, 0.3) is 0 Å². The van der Waals surface area contributed by atoms with Crippen molar-refractivity contribution in [1.82, 2.24) is 19.9 Å². The molecule has 0 bridgehead atoms. The van der Waals surface area contributed by atoms with E-state index in [1.54, 1.807) is 6.20 Å². The SMILES string of the molecule is CCCNc1nc(NC(C)c2ccccn2)nc(OC)n1. The monoisotopic (exact) mass is 288 g/mol. The maximum Gasteiger partial charge on any atom is 0.322 e. The number of pyridine rings is 1. The van der Waals surface area contributed by atoms with Gasteiger partial charge in [0.05, 0.1) is 18.8 Å². The number of aromatic nitrogens is 4. The number of hydrogen-bond donors (Lipinski definition) is 2. The lowest BCUT2D eigenvalue weighted by Gasteiger charge is -2.14. The second-order valence-electron chi connectivity index (χ2n) is 4.52. The third-order valence-corrected chi connectivity index (χ3v) is 2.81. The van der Waals surface area contributed by atoms with Crippen molar-refractivity contribution in [3.63, 3.8) is 0 Å².